The van der Waals surface area contributed by atoms with Gasteiger partial charge in [0, 0.05) is 30.9 Å². The highest BCUT2D eigenvalue weighted by Crippen LogP contribution is 2.17. The Labute approximate surface area is 114 Å². The van der Waals surface area contributed by atoms with Gasteiger partial charge in [0.2, 0.25) is 0 Å². The summed E-state index contributed by atoms with van der Waals surface area (Å²) in [5, 5.41) is 3.52. The summed E-state index contributed by atoms with van der Waals surface area (Å²) >= 11 is 0. The van der Waals surface area contributed by atoms with Crippen LogP contribution in [0.15, 0.2) is 43.0 Å². The Balaban J connectivity index is 2.14. The summed E-state index contributed by atoms with van der Waals surface area (Å²) in [6.07, 6.45) is 5.52. The first-order valence-electron chi connectivity index (χ1n) is 6.54. The van der Waals surface area contributed by atoms with Crippen LogP contribution in [0.3, 0.4) is 0 Å². The van der Waals surface area contributed by atoms with Crippen molar-refractivity contribution in [2.45, 2.75) is 19.9 Å². The lowest BCUT2D eigenvalue weighted by Gasteiger charge is -2.23. The van der Waals surface area contributed by atoms with Gasteiger partial charge >= 0.3 is 0 Å². The van der Waals surface area contributed by atoms with Gasteiger partial charge < -0.3 is 14.6 Å². The van der Waals surface area contributed by atoms with E-state index in [1.807, 2.05) is 16.8 Å². The van der Waals surface area contributed by atoms with Crippen molar-refractivity contribution in [3.8, 4) is 5.69 Å². The van der Waals surface area contributed by atoms with E-state index in [9.17, 15) is 0 Å². The molecule has 0 aliphatic heterocycles. The Hall–Kier alpha value is -1.81. The maximum Gasteiger partial charge on any atom is 0.0991 e. The van der Waals surface area contributed by atoms with Crippen LogP contribution in [0.4, 0.5) is 5.69 Å². The number of ether oxygens (including phenoxy) is 1. The molecular formula is C15H21N3O. The number of benzene rings is 1. The molecule has 0 spiro atoms. The zero-order valence-corrected chi connectivity index (χ0v) is 11.7. The van der Waals surface area contributed by atoms with E-state index in [-0.39, 0.29) is 0 Å². The van der Waals surface area contributed by atoms with E-state index >= 15 is 0 Å². The summed E-state index contributed by atoms with van der Waals surface area (Å²) in [5.74, 6) is 0.511. The van der Waals surface area contributed by atoms with Crippen molar-refractivity contribution in [2.24, 2.45) is 5.92 Å². The fraction of sp³-hybridized carbons (Fsp3) is 0.400. The minimum atomic E-state index is 0.308. The molecule has 1 N–H and O–H groups in total. The standard InChI is InChI=1S/C15H21N3O/c1-12(2)15(10-19-3)17-13-5-4-6-14(9-13)18-8-7-16-11-18/h4-9,11-12,15,17H,10H2,1-3H3. The molecule has 1 aromatic carbocycles. The SMILES string of the molecule is COCC(Nc1cccc(-n2ccnc2)c1)C(C)C. The van der Waals surface area contributed by atoms with Crippen molar-refractivity contribution < 1.29 is 4.74 Å². The topological polar surface area (TPSA) is 39.1 Å². The van der Waals surface area contributed by atoms with E-state index in [0.717, 1.165) is 11.4 Å². The molecule has 0 aliphatic rings. The molecule has 0 fully saturated rings. The lowest BCUT2D eigenvalue weighted by molar-refractivity contribution is 0.171. The van der Waals surface area contributed by atoms with Crippen LogP contribution in [0.25, 0.3) is 5.69 Å². The molecule has 0 saturated carbocycles. The first-order chi connectivity index (χ1) is 9.20. The quantitative estimate of drug-likeness (QED) is 0.867. The van der Waals surface area contributed by atoms with Gasteiger partial charge in [-0.15, -0.1) is 0 Å². The van der Waals surface area contributed by atoms with Gasteiger partial charge in [0.05, 0.1) is 19.0 Å². The highest BCUT2D eigenvalue weighted by molar-refractivity contribution is 5.51. The first-order valence-corrected chi connectivity index (χ1v) is 6.54. The average Bonchev–Trinajstić information content (AvgIpc) is 2.92. The van der Waals surface area contributed by atoms with Crippen LogP contribution in [0.1, 0.15) is 13.8 Å². The number of nitrogens with one attached hydrogen (secondary N) is 1. The predicted molar refractivity (Wildman–Crippen MR) is 77.7 cm³/mol. The summed E-state index contributed by atoms with van der Waals surface area (Å²) in [6, 6.07) is 8.61. The average molecular weight is 259 g/mol. The van der Waals surface area contributed by atoms with Crippen LogP contribution < -0.4 is 5.32 Å². The minimum Gasteiger partial charge on any atom is -0.383 e. The Morgan fingerprint density at radius 2 is 2.21 bits per heavy atom. The Kier molecular flexibility index (Phi) is 4.58. The van der Waals surface area contributed by atoms with E-state index in [2.05, 4.69) is 42.3 Å². The highest BCUT2D eigenvalue weighted by atomic mass is 16.5. The smallest absolute Gasteiger partial charge is 0.0991 e. The summed E-state index contributed by atoms with van der Waals surface area (Å²) in [7, 11) is 1.74. The molecule has 0 bridgehead atoms. The number of rotatable bonds is 6. The van der Waals surface area contributed by atoms with Gasteiger partial charge in [-0.2, -0.15) is 0 Å². The monoisotopic (exact) mass is 259 g/mol. The third kappa shape index (κ3) is 3.58. The van der Waals surface area contributed by atoms with Crippen LogP contribution in [0.2, 0.25) is 0 Å². The molecule has 102 valence electrons. The molecule has 4 heteroatoms. The minimum absolute atomic E-state index is 0.308. The third-order valence-corrected chi connectivity index (χ3v) is 3.15. The van der Waals surface area contributed by atoms with Gasteiger partial charge in [-0.25, -0.2) is 4.98 Å². The molecule has 2 rings (SSSR count). The normalized spacial score (nSPS) is 12.6. The van der Waals surface area contributed by atoms with Crippen molar-refractivity contribution in [3.05, 3.63) is 43.0 Å². The number of methoxy groups -OCH3 is 1. The Morgan fingerprint density at radius 1 is 1.37 bits per heavy atom. The van der Waals surface area contributed by atoms with Crippen LogP contribution >= 0.6 is 0 Å². The van der Waals surface area contributed by atoms with E-state index in [1.54, 1.807) is 19.6 Å². The number of anilines is 1. The van der Waals surface area contributed by atoms with Gasteiger partial charge in [0.1, 0.15) is 0 Å². The second kappa shape index (κ2) is 6.38. The van der Waals surface area contributed by atoms with E-state index in [1.165, 1.54) is 0 Å². The predicted octanol–water partition coefficient (Wildman–Crippen LogP) is 2.96. The van der Waals surface area contributed by atoms with Crippen LogP contribution in [-0.2, 0) is 4.74 Å². The van der Waals surface area contributed by atoms with Crippen LogP contribution in [0, 0.1) is 5.92 Å². The van der Waals surface area contributed by atoms with Gasteiger partial charge in [-0.3, -0.25) is 0 Å². The third-order valence-electron chi connectivity index (χ3n) is 3.15. The van der Waals surface area contributed by atoms with E-state index in [0.29, 0.717) is 18.6 Å². The Morgan fingerprint density at radius 3 is 2.84 bits per heavy atom. The van der Waals surface area contributed by atoms with E-state index < -0.39 is 0 Å². The summed E-state index contributed by atoms with van der Waals surface area (Å²) < 4.78 is 7.25. The van der Waals surface area contributed by atoms with Gasteiger partial charge in [-0.05, 0) is 24.1 Å². The molecule has 0 amide bonds. The second-order valence-electron chi connectivity index (χ2n) is 4.97. The van der Waals surface area contributed by atoms with Gasteiger partial charge in [0.15, 0.2) is 0 Å². The molecule has 0 radical (unpaired) electrons. The fourth-order valence-electron chi connectivity index (χ4n) is 1.96. The van der Waals surface area contributed by atoms with Gasteiger partial charge in [-0.1, -0.05) is 19.9 Å². The molecule has 1 aromatic heterocycles. The van der Waals surface area contributed by atoms with Crippen molar-refractivity contribution in [1.82, 2.24) is 9.55 Å². The first kappa shape index (κ1) is 13.6. The molecule has 2 aromatic rings. The maximum atomic E-state index is 5.26. The highest BCUT2D eigenvalue weighted by Gasteiger charge is 2.12. The van der Waals surface area contributed by atoms with Crippen LogP contribution in [-0.4, -0.2) is 29.3 Å². The maximum absolute atomic E-state index is 5.26. The van der Waals surface area contributed by atoms with Crippen molar-refractivity contribution >= 4 is 5.69 Å². The van der Waals surface area contributed by atoms with Crippen molar-refractivity contribution in [3.63, 3.8) is 0 Å². The lowest BCUT2D eigenvalue weighted by Crippen LogP contribution is -2.30. The molecule has 0 aliphatic carbocycles. The van der Waals surface area contributed by atoms with Crippen molar-refractivity contribution in [2.75, 3.05) is 19.0 Å². The summed E-state index contributed by atoms with van der Waals surface area (Å²) in [4.78, 5) is 4.07. The zero-order valence-electron chi connectivity index (χ0n) is 11.7. The van der Waals surface area contributed by atoms with Crippen LogP contribution in [0.5, 0.6) is 0 Å². The molecule has 4 nitrogen and oxygen atoms in total. The number of aromatic nitrogens is 2. The summed E-state index contributed by atoms with van der Waals surface area (Å²) in [5.41, 5.74) is 2.20. The fourth-order valence-corrected chi connectivity index (χ4v) is 1.96. The molecule has 19 heavy (non-hydrogen) atoms. The number of hydrogen-bond donors (Lipinski definition) is 1. The van der Waals surface area contributed by atoms with Gasteiger partial charge in [0.25, 0.3) is 0 Å². The largest absolute Gasteiger partial charge is 0.383 e. The molecule has 0 saturated heterocycles. The number of nitrogens with zero attached hydrogens (tertiary/aromatic N) is 2. The number of hydrogen-bond acceptors (Lipinski definition) is 3. The summed E-state index contributed by atoms with van der Waals surface area (Å²) in [6.45, 7) is 5.08. The second-order valence-corrected chi connectivity index (χ2v) is 4.97. The lowest BCUT2D eigenvalue weighted by atomic mass is 10.0. The Bertz CT molecular complexity index is 494. The van der Waals surface area contributed by atoms with E-state index in [4.69, 9.17) is 4.74 Å². The zero-order chi connectivity index (χ0) is 13.7. The molecule has 1 unspecified atom stereocenters. The van der Waals surface area contributed by atoms with Crippen molar-refractivity contribution in [1.29, 1.82) is 0 Å². The number of imidazole rings is 1. The molecule has 1 heterocycles. The molecule has 1 atom stereocenters. The molecular weight excluding hydrogens is 238 g/mol.